The highest BCUT2D eigenvalue weighted by Crippen LogP contribution is 2.36. The summed E-state index contributed by atoms with van der Waals surface area (Å²) in [5.41, 5.74) is 0.817. The van der Waals surface area contributed by atoms with Gasteiger partial charge in [-0.25, -0.2) is 4.98 Å². The molecule has 0 radical (unpaired) electrons. The number of amides is 1. The molecule has 1 aliphatic rings. The normalized spacial score (nSPS) is 17.7. The van der Waals surface area contributed by atoms with Gasteiger partial charge in [0.15, 0.2) is 0 Å². The highest BCUT2D eigenvalue weighted by atomic mass is 32.1. The van der Waals surface area contributed by atoms with Crippen LogP contribution in [-0.2, 0) is 0 Å². The van der Waals surface area contributed by atoms with Crippen molar-refractivity contribution in [1.29, 1.82) is 0 Å². The lowest BCUT2D eigenvalue weighted by atomic mass is 10.2. The van der Waals surface area contributed by atoms with Gasteiger partial charge in [-0.3, -0.25) is 9.59 Å². The van der Waals surface area contributed by atoms with Gasteiger partial charge in [-0.05, 0) is 37.1 Å². The predicted molar refractivity (Wildman–Crippen MR) is 89.7 cm³/mol. The van der Waals surface area contributed by atoms with Crippen LogP contribution >= 0.6 is 11.3 Å². The lowest BCUT2D eigenvalue weighted by Gasteiger charge is -2.22. The molecule has 1 aromatic carbocycles. The van der Waals surface area contributed by atoms with Crippen LogP contribution in [0.5, 0.6) is 0 Å². The summed E-state index contributed by atoms with van der Waals surface area (Å²) in [4.78, 5) is 33.7. The maximum atomic E-state index is 12.7. The second kappa shape index (κ2) is 5.62. The number of aromatic nitrogens is 2. The first kappa shape index (κ1) is 14.1. The van der Waals surface area contributed by atoms with E-state index >= 15 is 0 Å². The lowest BCUT2D eigenvalue weighted by Crippen LogP contribution is -2.34. The van der Waals surface area contributed by atoms with E-state index in [1.165, 1.54) is 6.20 Å². The van der Waals surface area contributed by atoms with Gasteiger partial charge < -0.3 is 9.88 Å². The molecule has 3 aromatic rings. The second-order valence-electron chi connectivity index (χ2n) is 5.59. The molecule has 23 heavy (non-hydrogen) atoms. The fourth-order valence-corrected chi connectivity index (χ4v) is 4.16. The number of hydrogen-bond donors (Lipinski definition) is 1. The molecule has 1 fully saturated rings. The molecule has 1 N–H and O–H groups in total. The number of benzene rings is 1. The van der Waals surface area contributed by atoms with Crippen molar-refractivity contribution in [1.82, 2.24) is 14.9 Å². The number of para-hydroxylation sites is 1. The molecule has 1 saturated heterocycles. The summed E-state index contributed by atoms with van der Waals surface area (Å²) in [5.74, 6) is -0.214. The van der Waals surface area contributed by atoms with Crippen LogP contribution in [-0.4, -0.2) is 27.3 Å². The number of likely N-dealkylation sites (tertiary alicyclic amines) is 1. The molecule has 1 atom stereocenters. The Morgan fingerprint density at radius 1 is 1.26 bits per heavy atom. The van der Waals surface area contributed by atoms with Gasteiger partial charge in [-0.15, -0.1) is 11.3 Å². The number of rotatable bonds is 2. The highest BCUT2D eigenvalue weighted by molar-refractivity contribution is 7.18. The Kier molecular flexibility index (Phi) is 3.46. The summed E-state index contributed by atoms with van der Waals surface area (Å²) in [6, 6.07) is 11.2. The van der Waals surface area contributed by atoms with Gasteiger partial charge in [0.05, 0.1) is 16.3 Å². The minimum atomic E-state index is -0.340. The van der Waals surface area contributed by atoms with E-state index in [0.29, 0.717) is 6.54 Å². The fraction of sp³-hybridized carbons (Fsp3) is 0.235. The van der Waals surface area contributed by atoms with E-state index in [4.69, 9.17) is 0 Å². The number of pyridine rings is 1. The number of fused-ring (bicyclic) bond motifs is 1. The SMILES string of the molecule is O=C(c1ccc[nH]c1=O)N1CCCC1c1nc2ccccc2s1. The molecule has 0 saturated carbocycles. The van der Waals surface area contributed by atoms with Crippen molar-refractivity contribution in [3.63, 3.8) is 0 Å². The molecular formula is C17H15N3O2S. The first-order valence-corrected chi connectivity index (χ1v) is 8.40. The van der Waals surface area contributed by atoms with E-state index in [1.54, 1.807) is 28.4 Å². The molecule has 6 heteroatoms. The van der Waals surface area contributed by atoms with Crippen molar-refractivity contribution >= 4 is 27.5 Å². The van der Waals surface area contributed by atoms with E-state index in [1.807, 2.05) is 24.3 Å². The maximum absolute atomic E-state index is 12.7. The van der Waals surface area contributed by atoms with E-state index in [-0.39, 0.29) is 23.1 Å². The molecule has 1 amide bonds. The number of carbonyl (C=O) groups is 1. The van der Waals surface area contributed by atoms with Crippen molar-refractivity contribution in [2.75, 3.05) is 6.54 Å². The van der Waals surface area contributed by atoms with Gasteiger partial charge in [-0.2, -0.15) is 0 Å². The van der Waals surface area contributed by atoms with Crippen molar-refractivity contribution in [3.8, 4) is 0 Å². The van der Waals surface area contributed by atoms with Crippen LogP contribution in [0.3, 0.4) is 0 Å². The summed E-state index contributed by atoms with van der Waals surface area (Å²) < 4.78 is 1.12. The van der Waals surface area contributed by atoms with E-state index in [9.17, 15) is 9.59 Å². The zero-order valence-corrected chi connectivity index (χ0v) is 13.2. The van der Waals surface area contributed by atoms with Gasteiger partial charge in [0.2, 0.25) is 0 Å². The number of thiazole rings is 1. The Morgan fingerprint density at radius 2 is 2.13 bits per heavy atom. The van der Waals surface area contributed by atoms with Gasteiger partial charge in [0.1, 0.15) is 10.6 Å². The van der Waals surface area contributed by atoms with E-state index in [2.05, 4.69) is 9.97 Å². The average Bonchev–Trinajstić information content (AvgIpc) is 3.21. The molecule has 0 spiro atoms. The number of hydrogen-bond acceptors (Lipinski definition) is 4. The quantitative estimate of drug-likeness (QED) is 0.788. The van der Waals surface area contributed by atoms with Crippen LogP contribution in [0.15, 0.2) is 47.4 Å². The second-order valence-corrected chi connectivity index (χ2v) is 6.65. The van der Waals surface area contributed by atoms with Gasteiger partial charge in [0, 0.05) is 12.7 Å². The zero-order valence-electron chi connectivity index (χ0n) is 12.4. The van der Waals surface area contributed by atoms with Crippen LogP contribution < -0.4 is 5.56 Å². The smallest absolute Gasteiger partial charge is 0.260 e. The molecule has 2 aromatic heterocycles. The average molecular weight is 325 g/mol. The Labute approximate surface area is 136 Å². The minimum Gasteiger partial charge on any atom is -0.329 e. The van der Waals surface area contributed by atoms with Crippen LogP contribution in [0, 0.1) is 0 Å². The third-order valence-electron chi connectivity index (χ3n) is 4.16. The molecule has 116 valence electrons. The summed E-state index contributed by atoms with van der Waals surface area (Å²) >= 11 is 1.62. The van der Waals surface area contributed by atoms with Gasteiger partial charge >= 0.3 is 0 Å². The van der Waals surface area contributed by atoms with Crippen LogP contribution in [0.2, 0.25) is 0 Å². The largest absolute Gasteiger partial charge is 0.329 e. The molecule has 1 unspecified atom stereocenters. The number of aromatic amines is 1. The Hall–Kier alpha value is -2.47. The van der Waals surface area contributed by atoms with Crippen LogP contribution in [0.4, 0.5) is 0 Å². The third kappa shape index (κ3) is 2.45. The standard InChI is InChI=1S/C17H15N3O2S/c21-15-11(5-3-9-18-15)17(22)20-10-4-7-13(20)16-19-12-6-1-2-8-14(12)23-16/h1-3,5-6,8-9,13H,4,7,10H2,(H,18,21). The molecule has 4 rings (SSSR count). The van der Waals surface area contributed by atoms with Gasteiger partial charge in [-0.1, -0.05) is 12.1 Å². The Morgan fingerprint density at radius 3 is 2.96 bits per heavy atom. The van der Waals surface area contributed by atoms with Crippen molar-refractivity contribution in [2.24, 2.45) is 0 Å². The van der Waals surface area contributed by atoms with E-state index in [0.717, 1.165) is 28.1 Å². The summed E-state index contributed by atoms with van der Waals surface area (Å²) in [6.07, 6.45) is 3.35. The molecule has 1 aliphatic heterocycles. The molecule has 3 heterocycles. The first-order chi connectivity index (χ1) is 11.2. The zero-order chi connectivity index (χ0) is 15.8. The summed E-state index contributed by atoms with van der Waals surface area (Å²) in [6.45, 7) is 0.660. The lowest BCUT2D eigenvalue weighted by molar-refractivity contribution is 0.0733. The van der Waals surface area contributed by atoms with Crippen molar-refractivity contribution in [3.05, 3.63) is 63.5 Å². The topological polar surface area (TPSA) is 66.1 Å². The number of H-pyrrole nitrogens is 1. The Bertz CT molecular complexity index is 897. The van der Waals surface area contributed by atoms with Crippen molar-refractivity contribution in [2.45, 2.75) is 18.9 Å². The van der Waals surface area contributed by atoms with Crippen LogP contribution in [0.25, 0.3) is 10.2 Å². The number of nitrogens with zero attached hydrogens (tertiary/aromatic N) is 2. The molecular weight excluding hydrogens is 310 g/mol. The molecule has 0 bridgehead atoms. The fourth-order valence-electron chi connectivity index (χ4n) is 3.04. The first-order valence-electron chi connectivity index (χ1n) is 7.58. The van der Waals surface area contributed by atoms with Crippen LogP contribution in [0.1, 0.15) is 34.2 Å². The number of carbonyl (C=O) groups excluding carboxylic acids is 1. The molecule has 0 aliphatic carbocycles. The van der Waals surface area contributed by atoms with E-state index < -0.39 is 0 Å². The predicted octanol–water partition coefficient (Wildman–Crippen LogP) is 2.96. The summed E-state index contributed by atoms with van der Waals surface area (Å²) in [5, 5.41) is 0.949. The van der Waals surface area contributed by atoms with Gasteiger partial charge in [0.25, 0.3) is 11.5 Å². The maximum Gasteiger partial charge on any atom is 0.260 e. The highest BCUT2D eigenvalue weighted by Gasteiger charge is 2.33. The third-order valence-corrected chi connectivity index (χ3v) is 5.30. The monoisotopic (exact) mass is 325 g/mol. The summed E-state index contributed by atoms with van der Waals surface area (Å²) in [7, 11) is 0. The molecule has 5 nitrogen and oxygen atoms in total. The minimum absolute atomic E-state index is 0.0421. The van der Waals surface area contributed by atoms with Crippen molar-refractivity contribution < 1.29 is 4.79 Å². The Balaban J connectivity index is 1.70. The number of nitrogens with one attached hydrogen (secondary N) is 1.